The summed E-state index contributed by atoms with van der Waals surface area (Å²) in [6.45, 7) is 6.84. The van der Waals surface area contributed by atoms with Gasteiger partial charge in [-0.1, -0.05) is 0 Å². The number of benzene rings is 1. The summed E-state index contributed by atoms with van der Waals surface area (Å²) in [4.78, 5) is 8.29. The summed E-state index contributed by atoms with van der Waals surface area (Å²) >= 11 is 0. The Hall–Kier alpha value is -1.88. The molecule has 0 spiro atoms. The van der Waals surface area contributed by atoms with E-state index in [-0.39, 0.29) is 5.54 Å². The summed E-state index contributed by atoms with van der Waals surface area (Å²) in [5.74, 6) is -0.966. The van der Waals surface area contributed by atoms with Gasteiger partial charge in [0.2, 0.25) is 0 Å². The maximum absolute atomic E-state index is 13.1. The third-order valence-corrected chi connectivity index (χ3v) is 2.65. The molecule has 0 amide bonds. The van der Waals surface area contributed by atoms with Gasteiger partial charge >= 0.3 is 0 Å². The van der Waals surface area contributed by atoms with Crippen LogP contribution in [0.5, 0.6) is 0 Å². The second-order valence-electron chi connectivity index (χ2n) is 5.68. The molecule has 0 saturated heterocycles. The summed E-state index contributed by atoms with van der Waals surface area (Å²) in [5, 5.41) is 3.32. The van der Waals surface area contributed by atoms with Gasteiger partial charge in [-0.15, -0.1) is 0 Å². The molecule has 1 aromatic carbocycles. The first-order valence-corrected chi connectivity index (χ1v) is 6.36. The van der Waals surface area contributed by atoms with Crippen LogP contribution in [0.4, 0.5) is 8.78 Å². The number of halogens is 2. The van der Waals surface area contributed by atoms with Gasteiger partial charge in [-0.2, -0.15) is 0 Å². The summed E-state index contributed by atoms with van der Waals surface area (Å²) in [5.41, 5.74) is 1.25. The zero-order valence-corrected chi connectivity index (χ0v) is 11.7. The van der Waals surface area contributed by atoms with Crippen molar-refractivity contribution in [3.8, 4) is 11.4 Å². The van der Waals surface area contributed by atoms with Gasteiger partial charge in [-0.25, -0.2) is 18.7 Å². The lowest BCUT2D eigenvalue weighted by molar-refractivity contribution is 0.423. The van der Waals surface area contributed by atoms with E-state index in [1.54, 1.807) is 12.4 Å². The molecule has 0 aliphatic heterocycles. The molecule has 3 nitrogen and oxygen atoms in total. The molecule has 106 valence electrons. The Morgan fingerprint density at radius 2 is 1.55 bits per heavy atom. The molecule has 2 rings (SSSR count). The highest BCUT2D eigenvalue weighted by molar-refractivity contribution is 5.54. The lowest BCUT2D eigenvalue weighted by Gasteiger charge is -2.20. The fourth-order valence-electron chi connectivity index (χ4n) is 1.65. The number of nitrogens with zero attached hydrogens (tertiary/aromatic N) is 2. The second kappa shape index (κ2) is 5.63. The summed E-state index contributed by atoms with van der Waals surface area (Å²) in [7, 11) is 0. The van der Waals surface area contributed by atoms with Gasteiger partial charge < -0.3 is 5.32 Å². The van der Waals surface area contributed by atoms with Gasteiger partial charge in [0.05, 0.1) is 0 Å². The van der Waals surface area contributed by atoms with Gasteiger partial charge in [0.1, 0.15) is 11.6 Å². The van der Waals surface area contributed by atoms with Crippen LogP contribution in [0.1, 0.15) is 26.3 Å². The quantitative estimate of drug-likeness (QED) is 0.935. The zero-order chi connectivity index (χ0) is 14.8. The number of aromatic nitrogens is 2. The van der Waals surface area contributed by atoms with Crippen LogP contribution in [0, 0.1) is 11.6 Å². The minimum atomic E-state index is -0.637. The molecule has 2 aromatic rings. The van der Waals surface area contributed by atoms with E-state index >= 15 is 0 Å². The highest BCUT2D eigenvalue weighted by Gasteiger charge is 2.09. The topological polar surface area (TPSA) is 37.8 Å². The number of nitrogens with one attached hydrogen (secondary N) is 1. The monoisotopic (exact) mass is 277 g/mol. The van der Waals surface area contributed by atoms with Crippen molar-refractivity contribution in [2.45, 2.75) is 32.9 Å². The highest BCUT2D eigenvalue weighted by atomic mass is 19.1. The molecular formula is C15H17F2N3. The van der Waals surface area contributed by atoms with Crippen molar-refractivity contribution in [3.05, 3.63) is 47.8 Å². The molecule has 0 radical (unpaired) electrons. The number of hydrogen-bond donors (Lipinski definition) is 1. The Kier molecular flexibility index (Phi) is 4.09. The Morgan fingerprint density at radius 1 is 1.00 bits per heavy atom. The van der Waals surface area contributed by atoms with Gasteiger partial charge in [0.15, 0.2) is 5.82 Å². The van der Waals surface area contributed by atoms with Crippen molar-refractivity contribution in [2.75, 3.05) is 0 Å². The van der Waals surface area contributed by atoms with Crippen LogP contribution in [0.3, 0.4) is 0 Å². The largest absolute Gasteiger partial charge is 0.308 e. The van der Waals surface area contributed by atoms with Crippen LogP contribution in [-0.4, -0.2) is 15.5 Å². The van der Waals surface area contributed by atoms with Crippen LogP contribution in [0.25, 0.3) is 11.4 Å². The molecule has 1 aromatic heterocycles. The third kappa shape index (κ3) is 4.06. The Labute approximate surface area is 117 Å². The fourth-order valence-corrected chi connectivity index (χ4v) is 1.65. The van der Waals surface area contributed by atoms with E-state index in [0.717, 1.165) is 11.6 Å². The molecule has 20 heavy (non-hydrogen) atoms. The zero-order valence-electron chi connectivity index (χ0n) is 11.7. The second-order valence-corrected chi connectivity index (χ2v) is 5.68. The van der Waals surface area contributed by atoms with Crippen LogP contribution in [0.2, 0.25) is 0 Å². The molecule has 0 unspecified atom stereocenters. The maximum atomic E-state index is 13.1. The maximum Gasteiger partial charge on any atom is 0.159 e. The van der Waals surface area contributed by atoms with E-state index in [0.29, 0.717) is 17.9 Å². The predicted molar refractivity (Wildman–Crippen MR) is 74.0 cm³/mol. The summed E-state index contributed by atoms with van der Waals surface area (Å²) in [6.07, 6.45) is 3.31. The number of rotatable bonds is 3. The molecule has 0 fully saturated rings. The average molecular weight is 277 g/mol. The predicted octanol–water partition coefficient (Wildman–Crippen LogP) is 3.31. The van der Waals surface area contributed by atoms with Crippen molar-refractivity contribution >= 4 is 0 Å². The van der Waals surface area contributed by atoms with Crippen LogP contribution in [0.15, 0.2) is 30.6 Å². The molecule has 1 heterocycles. The van der Waals surface area contributed by atoms with Crippen molar-refractivity contribution in [2.24, 2.45) is 0 Å². The molecule has 0 aliphatic carbocycles. The molecule has 0 saturated carbocycles. The molecule has 0 bridgehead atoms. The van der Waals surface area contributed by atoms with Crippen molar-refractivity contribution < 1.29 is 8.78 Å². The minimum absolute atomic E-state index is 0.00432. The Balaban J connectivity index is 2.15. The van der Waals surface area contributed by atoms with E-state index < -0.39 is 11.6 Å². The van der Waals surface area contributed by atoms with Crippen molar-refractivity contribution in [1.82, 2.24) is 15.3 Å². The lowest BCUT2D eigenvalue weighted by Crippen LogP contribution is -2.35. The fraction of sp³-hybridized carbons (Fsp3) is 0.333. The van der Waals surface area contributed by atoms with Gasteiger partial charge in [-0.05, 0) is 32.9 Å². The van der Waals surface area contributed by atoms with Crippen molar-refractivity contribution in [1.29, 1.82) is 0 Å². The smallest absolute Gasteiger partial charge is 0.159 e. The minimum Gasteiger partial charge on any atom is -0.308 e. The van der Waals surface area contributed by atoms with Crippen molar-refractivity contribution in [3.63, 3.8) is 0 Å². The van der Waals surface area contributed by atoms with E-state index in [9.17, 15) is 8.78 Å². The molecule has 1 N–H and O–H groups in total. The van der Waals surface area contributed by atoms with Gasteiger partial charge in [-0.3, -0.25) is 0 Å². The lowest BCUT2D eigenvalue weighted by atomic mass is 10.1. The van der Waals surface area contributed by atoms with E-state index in [1.807, 2.05) is 0 Å². The van der Waals surface area contributed by atoms with Gasteiger partial charge in [0.25, 0.3) is 0 Å². The van der Waals surface area contributed by atoms with E-state index in [4.69, 9.17) is 0 Å². The molecular weight excluding hydrogens is 260 g/mol. The van der Waals surface area contributed by atoms with Gasteiger partial charge in [0, 0.05) is 41.7 Å². The Morgan fingerprint density at radius 3 is 2.05 bits per heavy atom. The molecule has 0 aliphatic rings. The first-order valence-electron chi connectivity index (χ1n) is 6.36. The first-order chi connectivity index (χ1) is 9.33. The number of hydrogen-bond acceptors (Lipinski definition) is 3. The van der Waals surface area contributed by atoms with E-state index in [2.05, 4.69) is 36.1 Å². The third-order valence-electron chi connectivity index (χ3n) is 2.65. The first kappa shape index (κ1) is 14.5. The average Bonchev–Trinajstić information content (AvgIpc) is 2.35. The Bertz CT molecular complexity index is 569. The van der Waals surface area contributed by atoms with Crippen LogP contribution in [-0.2, 0) is 6.54 Å². The van der Waals surface area contributed by atoms with Crippen LogP contribution >= 0.6 is 0 Å². The van der Waals surface area contributed by atoms with E-state index in [1.165, 1.54) is 12.1 Å². The molecule has 5 heteroatoms. The SMILES string of the molecule is CC(C)(C)NCc1cnc(-c2cc(F)cc(F)c2)nc1. The normalized spacial score (nSPS) is 11.7. The highest BCUT2D eigenvalue weighted by Crippen LogP contribution is 2.17. The molecule has 0 atom stereocenters. The summed E-state index contributed by atoms with van der Waals surface area (Å²) in [6, 6.07) is 3.25. The standard InChI is InChI=1S/C15H17F2N3/c1-15(2,3)20-9-10-7-18-14(19-8-10)11-4-12(16)6-13(17)5-11/h4-8,20H,9H2,1-3H3. The van der Waals surface area contributed by atoms with Crippen LogP contribution < -0.4 is 5.32 Å². The summed E-state index contributed by atoms with van der Waals surface area (Å²) < 4.78 is 26.3.